The molecular formula is C18H14N2O3. The van der Waals surface area contributed by atoms with Gasteiger partial charge in [0.2, 0.25) is 5.78 Å². The Labute approximate surface area is 131 Å². The van der Waals surface area contributed by atoms with Gasteiger partial charge in [0.15, 0.2) is 0 Å². The number of ketones is 1. The van der Waals surface area contributed by atoms with Crippen molar-refractivity contribution in [2.45, 2.75) is 0 Å². The van der Waals surface area contributed by atoms with Crippen molar-refractivity contribution in [3.8, 4) is 11.5 Å². The maximum Gasteiger partial charge on any atom is 0.209 e. The first-order valence-corrected chi connectivity index (χ1v) is 7.17. The second kappa shape index (κ2) is 4.91. The molecule has 23 heavy (non-hydrogen) atoms. The van der Waals surface area contributed by atoms with E-state index < -0.39 is 0 Å². The van der Waals surface area contributed by atoms with Crippen molar-refractivity contribution in [1.29, 1.82) is 0 Å². The highest BCUT2D eigenvalue weighted by Gasteiger charge is 2.14. The standard InChI is InChI=1S/C18H14N2O3/c1-23-12-3-5-14-11(6-12)8-16(20-14)18(22)10-2-4-15-13(7-10)17(21)9-19-15/h2-9,19-21H,1H3. The van der Waals surface area contributed by atoms with Crippen molar-refractivity contribution in [2.75, 3.05) is 7.11 Å². The average molecular weight is 306 g/mol. The Balaban J connectivity index is 1.78. The zero-order valence-electron chi connectivity index (χ0n) is 12.4. The number of nitrogens with one attached hydrogen (secondary N) is 2. The normalized spacial score (nSPS) is 11.2. The van der Waals surface area contributed by atoms with E-state index in [1.54, 1.807) is 31.4 Å². The zero-order chi connectivity index (χ0) is 16.0. The van der Waals surface area contributed by atoms with E-state index >= 15 is 0 Å². The number of carbonyl (C=O) groups is 1. The highest BCUT2D eigenvalue weighted by atomic mass is 16.5. The second-order valence-electron chi connectivity index (χ2n) is 5.40. The van der Waals surface area contributed by atoms with E-state index in [2.05, 4.69) is 9.97 Å². The first kappa shape index (κ1) is 13.5. The molecule has 0 fully saturated rings. The van der Waals surface area contributed by atoms with E-state index in [0.717, 1.165) is 22.2 Å². The Bertz CT molecular complexity index is 1040. The number of benzene rings is 2. The van der Waals surface area contributed by atoms with Gasteiger partial charge in [0, 0.05) is 33.6 Å². The summed E-state index contributed by atoms with van der Waals surface area (Å²) in [7, 11) is 1.61. The molecule has 2 aromatic carbocycles. The number of aromatic hydroxyl groups is 1. The smallest absolute Gasteiger partial charge is 0.209 e. The molecule has 5 nitrogen and oxygen atoms in total. The van der Waals surface area contributed by atoms with Crippen LogP contribution in [0.5, 0.6) is 11.5 Å². The number of ether oxygens (including phenoxy) is 1. The van der Waals surface area contributed by atoms with Gasteiger partial charge in [-0.1, -0.05) is 0 Å². The molecule has 0 spiro atoms. The first-order valence-electron chi connectivity index (χ1n) is 7.17. The summed E-state index contributed by atoms with van der Waals surface area (Å²) in [5, 5.41) is 11.3. The number of aromatic amines is 2. The van der Waals surface area contributed by atoms with Gasteiger partial charge in [0.25, 0.3) is 0 Å². The van der Waals surface area contributed by atoms with E-state index in [0.29, 0.717) is 16.6 Å². The minimum Gasteiger partial charge on any atom is -0.506 e. The molecule has 114 valence electrons. The lowest BCUT2D eigenvalue weighted by atomic mass is 10.1. The molecule has 0 saturated heterocycles. The van der Waals surface area contributed by atoms with E-state index in [9.17, 15) is 9.90 Å². The highest BCUT2D eigenvalue weighted by molar-refractivity contribution is 6.11. The third-order valence-electron chi connectivity index (χ3n) is 3.99. The van der Waals surface area contributed by atoms with Gasteiger partial charge in [-0.25, -0.2) is 0 Å². The van der Waals surface area contributed by atoms with Crippen LogP contribution in [0.3, 0.4) is 0 Å². The highest BCUT2D eigenvalue weighted by Crippen LogP contribution is 2.27. The quantitative estimate of drug-likeness (QED) is 0.506. The van der Waals surface area contributed by atoms with Crippen LogP contribution in [0.25, 0.3) is 21.8 Å². The van der Waals surface area contributed by atoms with E-state index in [1.807, 2.05) is 18.2 Å². The minimum atomic E-state index is -0.123. The van der Waals surface area contributed by atoms with Crippen molar-refractivity contribution in [3.63, 3.8) is 0 Å². The van der Waals surface area contributed by atoms with Gasteiger partial charge in [-0.05, 0) is 42.5 Å². The second-order valence-corrected chi connectivity index (χ2v) is 5.40. The molecule has 0 radical (unpaired) electrons. The molecule has 5 heteroatoms. The monoisotopic (exact) mass is 306 g/mol. The van der Waals surface area contributed by atoms with Crippen molar-refractivity contribution in [1.82, 2.24) is 9.97 Å². The largest absolute Gasteiger partial charge is 0.506 e. The van der Waals surface area contributed by atoms with Crippen molar-refractivity contribution in [3.05, 3.63) is 59.9 Å². The van der Waals surface area contributed by atoms with Gasteiger partial charge < -0.3 is 19.8 Å². The topological polar surface area (TPSA) is 78.1 Å². The Kier molecular flexibility index (Phi) is 2.87. The summed E-state index contributed by atoms with van der Waals surface area (Å²) in [4.78, 5) is 18.8. The maximum atomic E-state index is 12.7. The molecule has 0 atom stereocenters. The summed E-state index contributed by atoms with van der Waals surface area (Å²) < 4.78 is 5.20. The lowest BCUT2D eigenvalue weighted by Crippen LogP contribution is -2.01. The van der Waals surface area contributed by atoms with Crippen LogP contribution in [-0.4, -0.2) is 28.0 Å². The van der Waals surface area contributed by atoms with E-state index in [4.69, 9.17) is 4.74 Å². The maximum absolute atomic E-state index is 12.7. The lowest BCUT2D eigenvalue weighted by Gasteiger charge is -1.99. The van der Waals surface area contributed by atoms with Gasteiger partial charge in [0.05, 0.1) is 12.8 Å². The predicted molar refractivity (Wildman–Crippen MR) is 88.2 cm³/mol. The van der Waals surface area contributed by atoms with Gasteiger partial charge in [-0.15, -0.1) is 0 Å². The number of hydrogen-bond acceptors (Lipinski definition) is 3. The van der Waals surface area contributed by atoms with Gasteiger partial charge in [-0.3, -0.25) is 4.79 Å². The number of fused-ring (bicyclic) bond motifs is 2. The summed E-state index contributed by atoms with van der Waals surface area (Å²) in [6, 6.07) is 12.6. The number of methoxy groups -OCH3 is 1. The summed E-state index contributed by atoms with van der Waals surface area (Å²) in [5.74, 6) is 0.757. The molecule has 4 rings (SSSR count). The number of H-pyrrole nitrogens is 2. The Morgan fingerprint density at radius 3 is 2.74 bits per heavy atom. The predicted octanol–water partition coefficient (Wildman–Crippen LogP) is 3.59. The molecule has 4 aromatic rings. The van der Waals surface area contributed by atoms with Crippen LogP contribution < -0.4 is 4.74 Å². The Morgan fingerprint density at radius 1 is 1.09 bits per heavy atom. The van der Waals surface area contributed by atoms with E-state index in [-0.39, 0.29) is 11.5 Å². The zero-order valence-corrected chi connectivity index (χ0v) is 12.4. The van der Waals surface area contributed by atoms with Crippen LogP contribution in [0.15, 0.2) is 48.7 Å². The lowest BCUT2D eigenvalue weighted by molar-refractivity contribution is 0.103. The molecule has 0 bridgehead atoms. The minimum absolute atomic E-state index is 0.123. The van der Waals surface area contributed by atoms with E-state index in [1.165, 1.54) is 6.20 Å². The molecule has 0 unspecified atom stereocenters. The summed E-state index contributed by atoms with van der Waals surface area (Å²) in [6.07, 6.45) is 1.51. The average Bonchev–Trinajstić information content (AvgIpc) is 3.17. The molecule has 3 N–H and O–H groups in total. The van der Waals surface area contributed by atoms with Crippen LogP contribution >= 0.6 is 0 Å². The molecule has 0 aliphatic carbocycles. The third-order valence-corrected chi connectivity index (χ3v) is 3.99. The van der Waals surface area contributed by atoms with Crippen LogP contribution in [0.1, 0.15) is 16.1 Å². The molecule has 0 amide bonds. The third kappa shape index (κ3) is 2.14. The SMILES string of the molecule is COc1ccc2[nH]c(C(=O)c3ccc4[nH]cc(O)c4c3)cc2c1. The van der Waals surface area contributed by atoms with Gasteiger partial charge >= 0.3 is 0 Å². The van der Waals surface area contributed by atoms with Gasteiger partial charge in [0.1, 0.15) is 11.5 Å². The van der Waals surface area contributed by atoms with Crippen molar-refractivity contribution >= 4 is 27.6 Å². The van der Waals surface area contributed by atoms with Crippen molar-refractivity contribution < 1.29 is 14.6 Å². The molecular weight excluding hydrogens is 292 g/mol. The molecule has 0 aliphatic rings. The molecule has 0 aliphatic heterocycles. The number of aromatic nitrogens is 2. The fourth-order valence-electron chi connectivity index (χ4n) is 2.76. The summed E-state index contributed by atoms with van der Waals surface area (Å²) in [6.45, 7) is 0. The first-order chi connectivity index (χ1) is 11.2. The van der Waals surface area contributed by atoms with Crippen LogP contribution in [0, 0.1) is 0 Å². The van der Waals surface area contributed by atoms with Crippen molar-refractivity contribution in [2.24, 2.45) is 0 Å². The van der Waals surface area contributed by atoms with Crippen LogP contribution in [0.2, 0.25) is 0 Å². The number of rotatable bonds is 3. The Morgan fingerprint density at radius 2 is 1.91 bits per heavy atom. The number of hydrogen-bond donors (Lipinski definition) is 3. The molecule has 0 saturated carbocycles. The summed E-state index contributed by atoms with van der Waals surface area (Å²) in [5.41, 5.74) is 2.69. The fraction of sp³-hybridized carbons (Fsp3) is 0.0556. The summed E-state index contributed by atoms with van der Waals surface area (Å²) >= 11 is 0. The Hall–Kier alpha value is -3.21. The fourth-order valence-corrected chi connectivity index (χ4v) is 2.76. The molecule has 2 heterocycles. The van der Waals surface area contributed by atoms with Gasteiger partial charge in [-0.2, -0.15) is 0 Å². The molecule has 2 aromatic heterocycles. The van der Waals surface area contributed by atoms with Crippen LogP contribution in [0.4, 0.5) is 0 Å². The number of carbonyl (C=O) groups excluding carboxylic acids is 1. The van der Waals surface area contributed by atoms with Crippen LogP contribution in [-0.2, 0) is 0 Å².